The molecule has 0 aliphatic rings. The molecule has 0 saturated carbocycles. The van der Waals surface area contributed by atoms with Crippen molar-refractivity contribution in [1.82, 2.24) is 5.32 Å². The molecule has 0 amide bonds. The first-order valence-electron chi connectivity index (χ1n) is 3.28. The van der Waals surface area contributed by atoms with Crippen LogP contribution in [0.1, 0.15) is 12.7 Å². The summed E-state index contributed by atoms with van der Waals surface area (Å²) in [6.45, 7) is 3.85. The zero-order valence-electron chi connectivity index (χ0n) is 5.86. The van der Waals surface area contributed by atoms with Crippen LogP contribution in [0, 0.1) is 0 Å². The third kappa shape index (κ3) is 2.15. The fourth-order valence-electron chi connectivity index (χ4n) is 0.695. The standard InChI is InChI=1S/C7H10BrNO/c1-2-9-5-6-3-4-7(8)10-6/h3-4,9H,2,5H2,1H3. The first kappa shape index (κ1) is 7.82. The van der Waals surface area contributed by atoms with E-state index in [1.54, 1.807) is 0 Å². The lowest BCUT2D eigenvalue weighted by atomic mass is 10.4. The van der Waals surface area contributed by atoms with Crippen LogP contribution in [0.25, 0.3) is 0 Å². The molecule has 0 atom stereocenters. The van der Waals surface area contributed by atoms with Gasteiger partial charge in [-0.05, 0) is 34.6 Å². The molecule has 3 heteroatoms. The van der Waals surface area contributed by atoms with Crippen LogP contribution in [-0.4, -0.2) is 6.54 Å². The number of nitrogens with one attached hydrogen (secondary N) is 1. The second kappa shape index (κ2) is 3.78. The Morgan fingerprint density at radius 1 is 1.60 bits per heavy atom. The van der Waals surface area contributed by atoms with Gasteiger partial charge in [0.05, 0.1) is 6.54 Å². The highest BCUT2D eigenvalue weighted by molar-refractivity contribution is 9.10. The molecule has 0 aliphatic heterocycles. The number of furan rings is 1. The summed E-state index contributed by atoms with van der Waals surface area (Å²) in [6.07, 6.45) is 0. The van der Waals surface area contributed by atoms with E-state index in [0.717, 1.165) is 23.5 Å². The average Bonchev–Trinajstić information content (AvgIpc) is 2.31. The van der Waals surface area contributed by atoms with Gasteiger partial charge in [0.1, 0.15) is 5.76 Å². The number of halogens is 1. The summed E-state index contributed by atoms with van der Waals surface area (Å²) in [7, 11) is 0. The molecule has 0 aromatic carbocycles. The average molecular weight is 204 g/mol. The molecule has 10 heavy (non-hydrogen) atoms. The lowest BCUT2D eigenvalue weighted by Crippen LogP contribution is -2.10. The van der Waals surface area contributed by atoms with E-state index in [0.29, 0.717) is 0 Å². The second-order valence-electron chi connectivity index (χ2n) is 1.99. The summed E-state index contributed by atoms with van der Waals surface area (Å²) >= 11 is 3.23. The van der Waals surface area contributed by atoms with Crippen LogP contribution in [0.3, 0.4) is 0 Å². The Bertz CT molecular complexity index is 197. The Balaban J connectivity index is 2.42. The zero-order valence-corrected chi connectivity index (χ0v) is 7.44. The van der Waals surface area contributed by atoms with Crippen molar-refractivity contribution in [2.24, 2.45) is 0 Å². The fraction of sp³-hybridized carbons (Fsp3) is 0.429. The van der Waals surface area contributed by atoms with Gasteiger partial charge in [-0.1, -0.05) is 6.92 Å². The Kier molecular flexibility index (Phi) is 2.96. The summed E-state index contributed by atoms with van der Waals surface area (Å²) in [6, 6.07) is 3.85. The van der Waals surface area contributed by atoms with E-state index in [1.807, 2.05) is 12.1 Å². The van der Waals surface area contributed by atoms with Crippen molar-refractivity contribution >= 4 is 15.9 Å². The van der Waals surface area contributed by atoms with E-state index in [2.05, 4.69) is 28.2 Å². The molecular formula is C7H10BrNO. The first-order valence-corrected chi connectivity index (χ1v) is 4.07. The minimum absolute atomic E-state index is 0.792. The van der Waals surface area contributed by atoms with Gasteiger partial charge in [0.15, 0.2) is 4.67 Å². The molecule has 56 valence electrons. The maximum absolute atomic E-state index is 5.24. The lowest BCUT2D eigenvalue weighted by molar-refractivity contribution is 0.469. The molecule has 0 unspecified atom stereocenters. The molecule has 1 N–H and O–H groups in total. The summed E-state index contributed by atoms with van der Waals surface area (Å²) in [4.78, 5) is 0. The highest BCUT2D eigenvalue weighted by Crippen LogP contribution is 2.13. The maximum atomic E-state index is 5.24. The van der Waals surface area contributed by atoms with Crippen LogP contribution in [0.4, 0.5) is 0 Å². The first-order chi connectivity index (χ1) is 4.83. The molecule has 1 aromatic rings. The Morgan fingerprint density at radius 2 is 2.40 bits per heavy atom. The van der Waals surface area contributed by atoms with Crippen molar-refractivity contribution in [2.45, 2.75) is 13.5 Å². The summed E-state index contributed by atoms with van der Waals surface area (Å²) in [5.74, 6) is 0.966. The van der Waals surface area contributed by atoms with E-state index in [9.17, 15) is 0 Å². The third-order valence-electron chi connectivity index (χ3n) is 1.18. The van der Waals surface area contributed by atoms with Crippen LogP contribution in [-0.2, 0) is 6.54 Å². The van der Waals surface area contributed by atoms with E-state index in [-0.39, 0.29) is 0 Å². The van der Waals surface area contributed by atoms with Crippen molar-refractivity contribution in [3.05, 3.63) is 22.6 Å². The molecule has 0 spiro atoms. The number of hydrogen-bond donors (Lipinski definition) is 1. The minimum atomic E-state index is 0.792. The second-order valence-corrected chi connectivity index (χ2v) is 2.77. The van der Waals surface area contributed by atoms with Crippen molar-refractivity contribution in [3.8, 4) is 0 Å². The Labute approximate surface area is 68.7 Å². The molecule has 0 saturated heterocycles. The summed E-state index contributed by atoms with van der Waals surface area (Å²) < 4.78 is 6.03. The topological polar surface area (TPSA) is 25.2 Å². The fourth-order valence-corrected chi connectivity index (χ4v) is 1.04. The number of hydrogen-bond acceptors (Lipinski definition) is 2. The highest BCUT2D eigenvalue weighted by atomic mass is 79.9. The smallest absolute Gasteiger partial charge is 0.169 e. The van der Waals surface area contributed by atoms with E-state index < -0.39 is 0 Å². The van der Waals surface area contributed by atoms with Crippen LogP contribution >= 0.6 is 15.9 Å². The molecule has 2 nitrogen and oxygen atoms in total. The van der Waals surface area contributed by atoms with Gasteiger partial charge in [0.25, 0.3) is 0 Å². The normalized spacial score (nSPS) is 10.2. The van der Waals surface area contributed by atoms with Crippen molar-refractivity contribution in [1.29, 1.82) is 0 Å². The van der Waals surface area contributed by atoms with Crippen LogP contribution < -0.4 is 5.32 Å². The van der Waals surface area contributed by atoms with Gasteiger partial charge in [-0.2, -0.15) is 0 Å². The molecule has 1 aromatic heterocycles. The lowest BCUT2D eigenvalue weighted by Gasteiger charge is -1.94. The van der Waals surface area contributed by atoms with Crippen molar-refractivity contribution in [2.75, 3.05) is 6.54 Å². The minimum Gasteiger partial charge on any atom is -0.453 e. The Hall–Kier alpha value is -0.280. The summed E-state index contributed by atoms with van der Waals surface area (Å²) in [5.41, 5.74) is 0. The molecule has 1 rings (SSSR count). The van der Waals surface area contributed by atoms with Gasteiger partial charge in [0, 0.05) is 0 Å². The van der Waals surface area contributed by atoms with Gasteiger partial charge in [-0.3, -0.25) is 0 Å². The molecule has 0 fully saturated rings. The van der Waals surface area contributed by atoms with E-state index in [4.69, 9.17) is 4.42 Å². The highest BCUT2D eigenvalue weighted by Gasteiger charge is 1.95. The SMILES string of the molecule is CCNCc1ccc(Br)o1. The zero-order chi connectivity index (χ0) is 7.40. The molecule has 1 heterocycles. The largest absolute Gasteiger partial charge is 0.453 e. The van der Waals surface area contributed by atoms with Crippen molar-refractivity contribution < 1.29 is 4.42 Å². The van der Waals surface area contributed by atoms with E-state index in [1.165, 1.54) is 0 Å². The van der Waals surface area contributed by atoms with Gasteiger partial charge >= 0.3 is 0 Å². The summed E-state index contributed by atoms with van der Waals surface area (Å²) in [5, 5.41) is 3.16. The van der Waals surface area contributed by atoms with Gasteiger partial charge in [-0.15, -0.1) is 0 Å². The van der Waals surface area contributed by atoms with Crippen LogP contribution in [0.2, 0.25) is 0 Å². The third-order valence-corrected chi connectivity index (χ3v) is 1.60. The van der Waals surface area contributed by atoms with E-state index >= 15 is 0 Å². The van der Waals surface area contributed by atoms with Crippen LogP contribution in [0.15, 0.2) is 21.2 Å². The van der Waals surface area contributed by atoms with Gasteiger partial charge in [-0.25, -0.2) is 0 Å². The van der Waals surface area contributed by atoms with Gasteiger partial charge < -0.3 is 9.73 Å². The predicted molar refractivity (Wildman–Crippen MR) is 43.8 cm³/mol. The molecular weight excluding hydrogens is 194 g/mol. The quantitative estimate of drug-likeness (QED) is 0.815. The van der Waals surface area contributed by atoms with Crippen LogP contribution in [0.5, 0.6) is 0 Å². The monoisotopic (exact) mass is 203 g/mol. The Morgan fingerprint density at radius 3 is 2.90 bits per heavy atom. The maximum Gasteiger partial charge on any atom is 0.169 e. The molecule has 0 radical (unpaired) electrons. The number of rotatable bonds is 3. The molecule has 0 bridgehead atoms. The van der Waals surface area contributed by atoms with Gasteiger partial charge in [0.2, 0.25) is 0 Å². The molecule has 0 aliphatic carbocycles. The predicted octanol–water partition coefficient (Wildman–Crippen LogP) is 2.15. The van der Waals surface area contributed by atoms with Crippen molar-refractivity contribution in [3.63, 3.8) is 0 Å².